The van der Waals surface area contributed by atoms with E-state index in [1.54, 1.807) is 18.5 Å². The first-order valence-corrected chi connectivity index (χ1v) is 8.12. The zero-order valence-electron chi connectivity index (χ0n) is 13.9. The van der Waals surface area contributed by atoms with Gasteiger partial charge in [-0.25, -0.2) is 4.68 Å². The molecule has 0 saturated carbocycles. The van der Waals surface area contributed by atoms with Crippen molar-refractivity contribution >= 4 is 11.7 Å². The molecule has 6 heteroatoms. The molecule has 0 spiro atoms. The number of para-hydroxylation sites is 1. The van der Waals surface area contributed by atoms with Crippen LogP contribution in [-0.4, -0.2) is 50.7 Å². The molecule has 1 aliphatic rings. The van der Waals surface area contributed by atoms with E-state index < -0.39 is 17.8 Å². The summed E-state index contributed by atoms with van der Waals surface area (Å²) in [5.41, 5.74) is 2.38. The van der Waals surface area contributed by atoms with Crippen LogP contribution in [0.5, 0.6) is 0 Å². The summed E-state index contributed by atoms with van der Waals surface area (Å²) in [7, 11) is 0. The standard InChI is InChI=1S/C18H21N3O3/c1-12-16(13(2)21(19-12)14-7-4-3-5-8-14)17(23)18(24)20-10-6-9-15(22)11-20/h3-5,7-8,15,22H,6,9-11H2,1-2H3/t15-/m1/s1. The molecular formula is C18H21N3O3. The molecule has 0 aliphatic carbocycles. The molecule has 2 heterocycles. The molecule has 1 aromatic heterocycles. The third-order valence-electron chi connectivity index (χ3n) is 4.40. The lowest BCUT2D eigenvalue weighted by Gasteiger charge is -2.29. The minimum atomic E-state index is -0.562. The van der Waals surface area contributed by atoms with Gasteiger partial charge in [-0.05, 0) is 38.8 Å². The predicted octanol–water partition coefficient (Wildman–Crippen LogP) is 1.66. The van der Waals surface area contributed by atoms with Crippen molar-refractivity contribution in [3.8, 4) is 5.69 Å². The number of nitrogens with zero attached hydrogens (tertiary/aromatic N) is 3. The first-order chi connectivity index (χ1) is 11.5. The van der Waals surface area contributed by atoms with E-state index in [0.717, 1.165) is 5.69 Å². The lowest BCUT2D eigenvalue weighted by Crippen LogP contribution is -2.45. The quantitative estimate of drug-likeness (QED) is 0.687. The van der Waals surface area contributed by atoms with Crippen molar-refractivity contribution in [2.45, 2.75) is 32.8 Å². The van der Waals surface area contributed by atoms with Crippen LogP contribution in [0.25, 0.3) is 5.69 Å². The summed E-state index contributed by atoms with van der Waals surface area (Å²) in [6.45, 7) is 4.25. The van der Waals surface area contributed by atoms with E-state index in [9.17, 15) is 14.7 Å². The van der Waals surface area contributed by atoms with Gasteiger partial charge in [-0.1, -0.05) is 18.2 Å². The summed E-state index contributed by atoms with van der Waals surface area (Å²) in [5, 5.41) is 14.1. The van der Waals surface area contributed by atoms with Crippen LogP contribution in [0.2, 0.25) is 0 Å². The van der Waals surface area contributed by atoms with Crippen LogP contribution >= 0.6 is 0 Å². The molecule has 1 aliphatic heterocycles. The number of Topliss-reactive ketones (excluding diaryl/α,β-unsaturated/α-hetero) is 1. The largest absolute Gasteiger partial charge is 0.391 e. The Kier molecular flexibility index (Phi) is 4.49. The van der Waals surface area contributed by atoms with E-state index in [-0.39, 0.29) is 6.54 Å². The molecule has 24 heavy (non-hydrogen) atoms. The number of aromatic nitrogens is 2. The number of aliphatic hydroxyl groups is 1. The maximum absolute atomic E-state index is 12.7. The molecule has 2 aromatic rings. The summed E-state index contributed by atoms with van der Waals surface area (Å²) in [4.78, 5) is 26.7. The van der Waals surface area contributed by atoms with Gasteiger partial charge in [0.15, 0.2) is 0 Å². The molecule has 6 nitrogen and oxygen atoms in total. The highest BCUT2D eigenvalue weighted by molar-refractivity contribution is 6.43. The average molecular weight is 327 g/mol. The number of ketones is 1. The van der Waals surface area contributed by atoms with Gasteiger partial charge >= 0.3 is 0 Å². The molecule has 1 atom stereocenters. The zero-order chi connectivity index (χ0) is 17.3. The first kappa shape index (κ1) is 16.4. The fraction of sp³-hybridized carbons (Fsp3) is 0.389. The minimum absolute atomic E-state index is 0.218. The Labute approximate surface area is 140 Å². The van der Waals surface area contributed by atoms with Gasteiger partial charge in [-0.3, -0.25) is 9.59 Å². The fourth-order valence-electron chi connectivity index (χ4n) is 3.18. The van der Waals surface area contributed by atoms with Gasteiger partial charge < -0.3 is 10.0 Å². The van der Waals surface area contributed by atoms with Crippen LogP contribution in [-0.2, 0) is 4.79 Å². The van der Waals surface area contributed by atoms with Crippen molar-refractivity contribution in [2.75, 3.05) is 13.1 Å². The molecule has 1 amide bonds. The van der Waals surface area contributed by atoms with Crippen LogP contribution in [0, 0.1) is 13.8 Å². The molecule has 1 aromatic carbocycles. The van der Waals surface area contributed by atoms with E-state index in [1.165, 1.54) is 4.90 Å². The molecule has 126 valence electrons. The number of benzene rings is 1. The van der Waals surface area contributed by atoms with Crippen LogP contribution in [0.15, 0.2) is 30.3 Å². The Morgan fingerprint density at radius 2 is 1.92 bits per heavy atom. The van der Waals surface area contributed by atoms with E-state index in [0.29, 0.717) is 36.3 Å². The van der Waals surface area contributed by atoms with Crippen LogP contribution in [0.4, 0.5) is 0 Å². The van der Waals surface area contributed by atoms with Crippen LogP contribution < -0.4 is 0 Å². The van der Waals surface area contributed by atoms with E-state index in [2.05, 4.69) is 5.10 Å². The van der Waals surface area contributed by atoms with Crippen molar-refractivity contribution < 1.29 is 14.7 Å². The maximum atomic E-state index is 12.7. The van der Waals surface area contributed by atoms with Gasteiger partial charge in [0, 0.05) is 13.1 Å². The maximum Gasteiger partial charge on any atom is 0.295 e. The number of β-amino-alcohol motifs (C(OH)–C–C–N with tert-alkyl or cyclic N) is 1. The number of hydrogen-bond donors (Lipinski definition) is 1. The van der Waals surface area contributed by atoms with E-state index in [4.69, 9.17) is 0 Å². The van der Waals surface area contributed by atoms with Gasteiger partial charge in [0.25, 0.3) is 11.7 Å². The van der Waals surface area contributed by atoms with Gasteiger partial charge in [0.2, 0.25) is 0 Å². The fourth-order valence-corrected chi connectivity index (χ4v) is 3.18. The Hall–Kier alpha value is -2.47. The third kappa shape index (κ3) is 2.97. The second-order valence-electron chi connectivity index (χ2n) is 6.17. The van der Waals surface area contributed by atoms with Gasteiger partial charge in [-0.15, -0.1) is 0 Å². The van der Waals surface area contributed by atoms with Gasteiger partial charge in [0.1, 0.15) is 0 Å². The number of piperidine rings is 1. The molecule has 1 fully saturated rings. The molecule has 1 N–H and O–H groups in total. The van der Waals surface area contributed by atoms with E-state index in [1.807, 2.05) is 30.3 Å². The normalized spacial score (nSPS) is 17.8. The van der Waals surface area contributed by atoms with Crippen LogP contribution in [0.3, 0.4) is 0 Å². The van der Waals surface area contributed by atoms with E-state index >= 15 is 0 Å². The Morgan fingerprint density at radius 1 is 1.21 bits per heavy atom. The van der Waals surface area contributed by atoms with Crippen molar-refractivity contribution in [1.82, 2.24) is 14.7 Å². The molecule has 0 unspecified atom stereocenters. The highest BCUT2D eigenvalue weighted by atomic mass is 16.3. The summed E-state index contributed by atoms with van der Waals surface area (Å²) in [5.74, 6) is -1.12. The third-order valence-corrected chi connectivity index (χ3v) is 4.40. The van der Waals surface area contributed by atoms with Gasteiger partial charge in [0.05, 0.1) is 28.7 Å². The highest BCUT2D eigenvalue weighted by Crippen LogP contribution is 2.20. The number of hydrogen-bond acceptors (Lipinski definition) is 4. The molecule has 0 bridgehead atoms. The van der Waals surface area contributed by atoms with Crippen molar-refractivity contribution in [3.05, 3.63) is 47.3 Å². The average Bonchev–Trinajstić information content (AvgIpc) is 2.89. The Bertz CT molecular complexity index is 767. The topological polar surface area (TPSA) is 75.4 Å². The summed E-state index contributed by atoms with van der Waals surface area (Å²) in [6.07, 6.45) is 0.827. The lowest BCUT2D eigenvalue weighted by molar-refractivity contribution is -0.129. The van der Waals surface area contributed by atoms with Crippen molar-refractivity contribution in [1.29, 1.82) is 0 Å². The SMILES string of the molecule is Cc1nn(-c2ccccc2)c(C)c1C(=O)C(=O)N1CCC[C@@H](O)C1. The summed E-state index contributed by atoms with van der Waals surface area (Å²) >= 11 is 0. The summed E-state index contributed by atoms with van der Waals surface area (Å²) in [6, 6.07) is 9.50. The second-order valence-corrected chi connectivity index (χ2v) is 6.17. The highest BCUT2D eigenvalue weighted by Gasteiger charge is 2.31. The Morgan fingerprint density at radius 3 is 2.58 bits per heavy atom. The number of aryl methyl sites for hydroxylation is 1. The van der Waals surface area contributed by atoms with Crippen molar-refractivity contribution in [3.63, 3.8) is 0 Å². The number of amides is 1. The first-order valence-electron chi connectivity index (χ1n) is 8.12. The Balaban J connectivity index is 1.90. The lowest BCUT2D eigenvalue weighted by atomic mass is 10.0. The minimum Gasteiger partial charge on any atom is -0.391 e. The summed E-state index contributed by atoms with van der Waals surface area (Å²) < 4.78 is 1.68. The van der Waals surface area contributed by atoms with Gasteiger partial charge in [-0.2, -0.15) is 5.10 Å². The van der Waals surface area contributed by atoms with Crippen LogP contribution in [0.1, 0.15) is 34.6 Å². The predicted molar refractivity (Wildman–Crippen MR) is 89.2 cm³/mol. The molecular weight excluding hydrogens is 306 g/mol. The molecule has 1 saturated heterocycles. The smallest absolute Gasteiger partial charge is 0.295 e. The molecule has 3 rings (SSSR count). The number of carbonyl (C=O) groups is 2. The number of carbonyl (C=O) groups excluding carboxylic acids is 2. The number of aliphatic hydroxyl groups excluding tert-OH is 1. The second kappa shape index (κ2) is 6.57. The number of rotatable bonds is 3. The molecule has 0 radical (unpaired) electrons. The zero-order valence-corrected chi connectivity index (χ0v) is 13.9. The van der Waals surface area contributed by atoms with Crippen molar-refractivity contribution in [2.24, 2.45) is 0 Å². The monoisotopic (exact) mass is 327 g/mol. The number of likely N-dealkylation sites (tertiary alicyclic amines) is 1.